The molecule has 0 unspecified atom stereocenters. The van der Waals surface area contributed by atoms with Crippen molar-refractivity contribution in [3.8, 4) is 6.07 Å². The third-order valence-electron chi connectivity index (χ3n) is 4.90. The molecule has 1 amide bonds. The third-order valence-corrected chi connectivity index (χ3v) is 4.90. The van der Waals surface area contributed by atoms with Crippen molar-refractivity contribution in [2.24, 2.45) is 0 Å². The number of nitrogens with zero attached hydrogens (tertiary/aromatic N) is 6. The zero-order valence-electron chi connectivity index (χ0n) is 16.6. The number of nitriles is 1. The predicted molar refractivity (Wildman–Crippen MR) is 114 cm³/mol. The van der Waals surface area contributed by atoms with Gasteiger partial charge in [-0.15, -0.1) is 0 Å². The van der Waals surface area contributed by atoms with Crippen molar-refractivity contribution in [1.29, 1.82) is 5.26 Å². The van der Waals surface area contributed by atoms with Gasteiger partial charge in [-0.3, -0.25) is 4.79 Å². The minimum absolute atomic E-state index is 0.0180. The van der Waals surface area contributed by atoms with Crippen LogP contribution in [0.3, 0.4) is 0 Å². The van der Waals surface area contributed by atoms with Crippen molar-refractivity contribution in [2.75, 3.05) is 36.4 Å². The number of carbonyl (C=O) groups is 1. The van der Waals surface area contributed by atoms with Gasteiger partial charge in [-0.1, -0.05) is 6.07 Å². The third kappa shape index (κ3) is 4.36. The summed E-state index contributed by atoms with van der Waals surface area (Å²) in [6.45, 7) is 4.43. The fourth-order valence-electron chi connectivity index (χ4n) is 3.35. The molecule has 0 radical (unpaired) electrons. The first-order chi connectivity index (χ1) is 14.6. The average molecular weight is 399 g/mol. The van der Waals surface area contributed by atoms with Gasteiger partial charge in [0.2, 0.25) is 0 Å². The van der Waals surface area contributed by atoms with Crippen molar-refractivity contribution in [2.45, 2.75) is 6.92 Å². The minimum atomic E-state index is -0.0180. The van der Waals surface area contributed by atoms with Crippen LogP contribution in [-0.2, 0) is 0 Å². The van der Waals surface area contributed by atoms with Gasteiger partial charge in [0.15, 0.2) is 0 Å². The number of nitrogens with one attached hydrogen (secondary N) is 1. The Morgan fingerprint density at radius 1 is 1.03 bits per heavy atom. The van der Waals surface area contributed by atoms with E-state index in [1.165, 1.54) is 0 Å². The molecule has 3 heterocycles. The number of aromatic nitrogens is 3. The van der Waals surface area contributed by atoms with Gasteiger partial charge in [0, 0.05) is 44.0 Å². The van der Waals surface area contributed by atoms with E-state index in [0.29, 0.717) is 48.9 Å². The number of pyridine rings is 1. The number of carbonyl (C=O) groups excluding carboxylic acids is 1. The molecule has 1 fully saturated rings. The van der Waals surface area contributed by atoms with Gasteiger partial charge in [0.25, 0.3) is 5.91 Å². The van der Waals surface area contributed by atoms with Crippen molar-refractivity contribution < 1.29 is 4.79 Å². The molecule has 0 aliphatic carbocycles. The summed E-state index contributed by atoms with van der Waals surface area (Å²) in [7, 11) is 0. The van der Waals surface area contributed by atoms with E-state index in [1.54, 1.807) is 30.5 Å². The lowest BCUT2D eigenvalue weighted by molar-refractivity contribution is 0.0746. The number of aryl methyl sites for hydroxylation is 1. The molecule has 2 aromatic heterocycles. The molecule has 1 N–H and O–H groups in total. The van der Waals surface area contributed by atoms with E-state index in [-0.39, 0.29) is 5.91 Å². The standard InChI is InChI=1S/C22H21N7O/c1-16-25-20(27-19-4-2-3-9-24-19)14-21(26-16)28-10-12-29(13-11-28)22(30)18-7-5-17(15-23)6-8-18/h2-9,14H,10-13H2,1H3,(H,24,25,26,27). The van der Waals surface area contributed by atoms with Crippen LogP contribution >= 0.6 is 0 Å². The number of piperazine rings is 1. The fraction of sp³-hybridized carbons (Fsp3) is 0.227. The lowest BCUT2D eigenvalue weighted by Crippen LogP contribution is -2.49. The van der Waals surface area contributed by atoms with Crippen molar-refractivity contribution >= 4 is 23.4 Å². The molecule has 1 aliphatic rings. The quantitative estimate of drug-likeness (QED) is 0.720. The van der Waals surface area contributed by atoms with Crippen LogP contribution in [0.1, 0.15) is 21.7 Å². The zero-order chi connectivity index (χ0) is 20.9. The van der Waals surface area contributed by atoms with Crippen LogP contribution in [-0.4, -0.2) is 51.9 Å². The summed E-state index contributed by atoms with van der Waals surface area (Å²) in [6.07, 6.45) is 1.72. The highest BCUT2D eigenvalue weighted by atomic mass is 16.2. The first kappa shape index (κ1) is 19.3. The number of benzene rings is 1. The van der Waals surface area contributed by atoms with Gasteiger partial charge in [0.1, 0.15) is 23.3 Å². The molecule has 0 atom stereocenters. The van der Waals surface area contributed by atoms with Crippen LogP contribution in [0.5, 0.6) is 0 Å². The first-order valence-electron chi connectivity index (χ1n) is 9.70. The maximum Gasteiger partial charge on any atom is 0.253 e. The lowest BCUT2D eigenvalue weighted by Gasteiger charge is -2.35. The summed E-state index contributed by atoms with van der Waals surface area (Å²) in [6, 6.07) is 16.4. The maximum absolute atomic E-state index is 12.7. The molecule has 0 saturated carbocycles. The molecule has 0 bridgehead atoms. The van der Waals surface area contributed by atoms with Crippen molar-refractivity contribution in [3.05, 3.63) is 71.7 Å². The summed E-state index contributed by atoms with van der Waals surface area (Å²) in [5, 5.41) is 12.1. The van der Waals surface area contributed by atoms with Gasteiger partial charge in [0.05, 0.1) is 11.6 Å². The van der Waals surface area contributed by atoms with Crippen LogP contribution in [0.2, 0.25) is 0 Å². The van der Waals surface area contributed by atoms with Gasteiger partial charge in [-0.05, 0) is 43.3 Å². The lowest BCUT2D eigenvalue weighted by atomic mass is 10.1. The second kappa shape index (κ2) is 8.57. The second-order valence-electron chi connectivity index (χ2n) is 6.97. The second-order valence-corrected chi connectivity index (χ2v) is 6.97. The molecule has 3 aromatic rings. The Morgan fingerprint density at radius 2 is 1.80 bits per heavy atom. The highest BCUT2D eigenvalue weighted by molar-refractivity contribution is 5.94. The molecule has 8 nitrogen and oxygen atoms in total. The Bertz CT molecular complexity index is 1070. The summed E-state index contributed by atoms with van der Waals surface area (Å²) >= 11 is 0. The largest absolute Gasteiger partial charge is 0.353 e. The highest BCUT2D eigenvalue weighted by Crippen LogP contribution is 2.20. The van der Waals surface area contributed by atoms with E-state index in [9.17, 15) is 4.79 Å². The Balaban J connectivity index is 1.42. The molecular formula is C22H21N7O. The van der Waals surface area contributed by atoms with Crippen LogP contribution < -0.4 is 10.2 Å². The number of amides is 1. The zero-order valence-corrected chi connectivity index (χ0v) is 16.6. The van der Waals surface area contributed by atoms with E-state index in [0.717, 1.165) is 11.6 Å². The molecule has 0 spiro atoms. The smallest absolute Gasteiger partial charge is 0.253 e. The van der Waals surface area contributed by atoms with Gasteiger partial charge < -0.3 is 15.1 Å². The SMILES string of the molecule is Cc1nc(Nc2ccccn2)cc(N2CCN(C(=O)c3ccc(C#N)cc3)CC2)n1. The fourth-order valence-corrected chi connectivity index (χ4v) is 3.35. The summed E-state index contributed by atoms with van der Waals surface area (Å²) < 4.78 is 0. The number of hydrogen-bond donors (Lipinski definition) is 1. The Kier molecular flexibility index (Phi) is 5.52. The topological polar surface area (TPSA) is 98.0 Å². The summed E-state index contributed by atoms with van der Waals surface area (Å²) in [5.74, 6) is 2.88. The first-order valence-corrected chi connectivity index (χ1v) is 9.70. The molecule has 1 aromatic carbocycles. The summed E-state index contributed by atoms with van der Waals surface area (Å²) in [5.41, 5.74) is 1.15. The number of rotatable bonds is 4. The van der Waals surface area contributed by atoms with E-state index in [4.69, 9.17) is 5.26 Å². The number of hydrogen-bond acceptors (Lipinski definition) is 7. The molecule has 4 rings (SSSR count). The number of anilines is 3. The molecule has 150 valence electrons. The minimum Gasteiger partial charge on any atom is -0.353 e. The van der Waals surface area contributed by atoms with E-state index < -0.39 is 0 Å². The van der Waals surface area contributed by atoms with Crippen LogP contribution in [0.4, 0.5) is 17.5 Å². The van der Waals surface area contributed by atoms with Crippen LogP contribution in [0, 0.1) is 18.3 Å². The molecular weight excluding hydrogens is 378 g/mol. The summed E-state index contributed by atoms with van der Waals surface area (Å²) in [4.78, 5) is 30.0. The molecule has 1 aliphatic heterocycles. The van der Waals surface area contributed by atoms with Crippen molar-refractivity contribution in [1.82, 2.24) is 19.9 Å². The monoisotopic (exact) mass is 399 g/mol. The Morgan fingerprint density at radius 3 is 2.47 bits per heavy atom. The van der Waals surface area contributed by atoms with Crippen molar-refractivity contribution in [3.63, 3.8) is 0 Å². The highest BCUT2D eigenvalue weighted by Gasteiger charge is 2.23. The maximum atomic E-state index is 12.7. The van der Waals surface area contributed by atoms with Gasteiger partial charge in [-0.25, -0.2) is 15.0 Å². The van der Waals surface area contributed by atoms with Gasteiger partial charge in [-0.2, -0.15) is 5.26 Å². The Hall–Kier alpha value is -3.99. The predicted octanol–water partition coefficient (Wildman–Crippen LogP) is 2.76. The Labute approximate surface area is 174 Å². The van der Waals surface area contributed by atoms with E-state index in [2.05, 4.69) is 31.2 Å². The molecule has 1 saturated heterocycles. The van der Waals surface area contributed by atoms with E-state index in [1.807, 2.05) is 36.1 Å². The normalized spacial score (nSPS) is 13.6. The average Bonchev–Trinajstić information content (AvgIpc) is 2.79. The van der Waals surface area contributed by atoms with Gasteiger partial charge >= 0.3 is 0 Å². The van der Waals surface area contributed by atoms with Crippen LogP contribution in [0.25, 0.3) is 0 Å². The molecule has 30 heavy (non-hydrogen) atoms. The van der Waals surface area contributed by atoms with E-state index >= 15 is 0 Å². The molecule has 8 heteroatoms. The van der Waals surface area contributed by atoms with Crippen LogP contribution in [0.15, 0.2) is 54.7 Å².